The van der Waals surface area contributed by atoms with Crippen LogP contribution in [0.15, 0.2) is 18.2 Å². The van der Waals surface area contributed by atoms with Crippen molar-refractivity contribution >= 4 is 23.4 Å². The number of amides is 3. The first-order valence-electron chi connectivity index (χ1n) is 8.47. The number of hydrogen-bond acceptors (Lipinski definition) is 3. The number of piperidine rings is 1. The molecule has 130 valence electrons. The van der Waals surface area contributed by atoms with Crippen LogP contribution in [0.5, 0.6) is 0 Å². The Labute approximate surface area is 143 Å². The zero-order valence-electron chi connectivity index (χ0n) is 15.1. The Morgan fingerprint density at radius 1 is 1.21 bits per heavy atom. The predicted octanol–water partition coefficient (Wildman–Crippen LogP) is 2.73. The van der Waals surface area contributed by atoms with Crippen LogP contribution in [0.1, 0.15) is 44.7 Å². The zero-order chi connectivity index (χ0) is 18.0. The number of anilines is 1. The first-order valence-corrected chi connectivity index (χ1v) is 8.47. The lowest BCUT2D eigenvalue weighted by Gasteiger charge is -2.36. The number of carbonyl (C=O) groups excluding carboxylic acids is 3. The molecule has 24 heavy (non-hydrogen) atoms. The van der Waals surface area contributed by atoms with E-state index < -0.39 is 11.9 Å². The van der Waals surface area contributed by atoms with Crippen molar-refractivity contribution in [3.63, 3.8) is 0 Å². The van der Waals surface area contributed by atoms with E-state index in [0.29, 0.717) is 6.42 Å². The van der Waals surface area contributed by atoms with E-state index in [0.717, 1.165) is 16.8 Å². The normalized spacial score (nSPS) is 19.2. The number of aryl methyl sites for hydroxylation is 1. The van der Waals surface area contributed by atoms with Crippen LogP contribution in [-0.4, -0.2) is 23.8 Å². The summed E-state index contributed by atoms with van der Waals surface area (Å²) in [5.41, 5.74) is 2.79. The molecule has 1 aliphatic rings. The molecule has 1 aliphatic heterocycles. The first kappa shape index (κ1) is 18.2. The second-order valence-corrected chi connectivity index (χ2v) is 6.93. The fourth-order valence-corrected chi connectivity index (χ4v) is 2.87. The van der Waals surface area contributed by atoms with Crippen molar-refractivity contribution in [3.05, 3.63) is 29.3 Å². The molecule has 5 heteroatoms. The third-order valence-corrected chi connectivity index (χ3v) is 4.98. The second-order valence-electron chi connectivity index (χ2n) is 6.93. The van der Waals surface area contributed by atoms with Crippen LogP contribution in [-0.2, 0) is 14.4 Å². The Hall–Kier alpha value is -2.17. The van der Waals surface area contributed by atoms with Crippen LogP contribution in [0, 0.1) is 25.7 Å². The average Bonchev–Trinajstić information content (AvgIpc) is 2.52. The minimum atomic E-state index is -0.642. The molecule has 1 aromatic carbocycles. The molecule has 2 atom stereocenters. The van der Waals surface area contributed by atoms with E-state index in [1.807, 2.05) is 52.8 Å². The fourth-order valence-electron chi connectivity index (χ4n) is 2.87. The van der Waals surface area contributed by atoms with Gasteiger partial charge in [-0.15, -0.1) is 0 Å². The highest BCUT2D eigenvalue weighted by Crippen LogP contribution is 2.30. The largest absolute Gasteiger partial charge is 0.299 e. The van der Waals surface area contributed by atoms with Crippen molar-refractivity contribution in [1.82, 2.24) is 5.32 Å². The van der Waals surface area contributed by atoms with Gasteiger partial charge in [0.25, 0.3) is 0 Å². The summed E-state index contributed by atoms with van der Waals surface area (Å²) in [5, 5.41) is 2.36. The lowest BCUT2D eigenvalue weighted by Crippen LogP contribution is -2.56. The van der Waals surface area contributed by atoms with Crippen molar-refractivity contribution in [2.45, 2.75) is 53.5 Å². The molecular weight excluding hydrogens is 304 g/mol. The van der Waals surface area contributed by atoms with Gasteiger partial charge in [-0.2, -0.15) is 0 Å². The summed E-state index contributed by atoms with van der Waals surface area (Å²) < 4.78 is 0. The van der Waals surface area contributed by atoms with E-state index >= 15 is 0 Å². The van der Waals surface area contributed by atoms with Gasteiger partial charge in [0.1, 0.15) is 6.04 Å². The molecule has 1 aromatic rings. The fraction of sp³-hybridized carbons (Fsp3) is 0.526. The average molecular weight is 330 g/mol. The topological polar surface area (TPSA) is 66.5 Å². The van der Waals surface area contributed by atoms with Crippen LogP contribution < -0.4 is 10.2 Å². The maximum atomic E-state index is 13.1. The predicted molar refractivity (Wildman–Crippen MR) is 93.6 cm³/mol. The lowest BCUT2D eigenvalue weighted by atomic mass is 9.93. The third-order valence-electron chi connectivity index (χ3n) is 4.98. The SMILES string of the molecule is Cc1cccc(N(C(=O)C(C)C(C)C)C2CCC(=O)NC2=O)c1C. The van der Waals surface area contributed by atoms with Gasteiger partial charge in [0.05, 0.1) is 0 Å². The number of nitrogens with zero attached hydrogens (tertiary/aromatic N) is 1. The number of imide groups is 1. The van der Waals surface area contributed by atoms with Gasteiger partial charge in [0, 0.05) is 18.0 Å². The lowest BCUT2D eigenvalue weighted by molar-refractivity contribution is -0.136. The molecule has 0 aromatic heterocycles. The summed E-state index contributed by atoms with van der Waals surface area (Å²) in [5.74, 6) is -0.792. The molecule has 0 spiro atoms. The van der Waals surface area contributed by atoms with Crippen molar-refractivity contribution in [2.75, 3.05) is 4.90 Å². The Bertz CT molecular complexity index is 667. The van der Waals surface area contributed by atoms with E-state index in [1.165, 1.54) is 0 Å². The molecule has 2 rings (SSSR count). The van der Waals surface area contributed by atoms with E-state index in [-0.39, 0.29) is 30.1 Å². The summed E-state index contributed by atoms with van der Waals surface area (Å²) in [7, 11) is 0. The van der Waals surface area contributed by atoms with Gasteiger partial charge < -0.3 is 0 Å². The van der Waals surface area contributed by atoms with Gasteiger partial charge in [0.15, 0.2) is 0 Å². The third kappa shape index (κ3) is 3.50. The van der Waals surface area contributed by atoms with Crippen molar-refractivity contribution in [1.29, 1.82) is 0 Å². The smallest absolute Gasteiger partial charge is 0.249 e. The van der Waals surface area contributed by atoms with Gasteiger partial charge in [0.2, 0.25) is 17.7 Å². The summed E-state index contributed by atoms with van der Waals surface area (Å²) in [4.78, 5) is 38.6. The molecule has 0 bridgehead atoms. The molecule has 3 amide bonds. The summed E-state index contributed by atoms with van der Waals surface area (Å²) in [6.45, 7) is 9.81. The van der Waals surface area contributed by atoms with Crippen LogP contribution >= 0.6 is 0 Å². The molecule has 1 heterocycles. The molecule has 5 nitrogen and oxygen atoms in total. The summed E-state index contributed by atoms with van der Waals surface area (Å²) in [6.07, 6.45) is 0.607. The Morgan fingerprint density at radius 3 is 2.46 bits per heavy atom. The molecule has 1 fully saturated rings. The van der Waals surface area contributed by atoms with Crippen molar-refractivity contribution < 1.29 is 14.4 Å². The highest BCUT2D eigenvalue weighted by Gasteiger charge is 2.38. The minimum absolute atomic E-state index is 0.0757. The molecule has 1 saturated heterocycles. The maximum absolute atomic E-state index is 13.1. The number of nitrogens with one attached hydrogen (secondary N) is 1. The Kier molecular flexibility index (Phi) is 5.42. The quantitative estimate of drug-likeness (QED) is 0.863. The highest BCUT2D eigenvalue weighted by atomic mass is 16.2. The first-order chi connectivity index (χ1) is 11.2. The van der Waals surface area contributed by atoms with Crippen LogP contribution in [0.3, 0.4) is 0 Å². The van der Waals surface area contributed by atoms with Gasteiger partial charge in [-0.05, 0) is 43.4 Å². The van der Waals surface area contributed by atoms with Gasteiger partial charge in [-0.25, -0.2) is 0 Å². The zero-order valence-corrected chi connectivity index (χ0v) is 15.1. The number of rotatable bonds is 4. The standard InChI is InChI=1S/C19H26N2O3/c1-11(2)13(4)19(24)21(15-8-6-7-12(3)14(15)5)16-9-10-17(22)20-18(16)23/h6-8,11,13,16H,9-10H2,1-5H3,(H,20,22,23). The minimum Gasteiger partial charge on any atom is -0.299 e. The van der Waals surface area contributed by atoms with E-state index in [4.69, 9.17) is 0 Å². The summed E-state index contributed by atoms with van der Waals surface area (Å²) in [6, 6.07) is 5.11. The van der Waals surface area contributed by atoms with Gasteiger partial charge in [-0.3, -0.25) is 24.6 Å². The van der Waals surface area contributed by atoms with Crippen LogP contribution in [0.4, 0.5) is 5.69 Å². The van der Waals surface area contributed by atoms with Crippen molar-refractivity contribution in [2.24, 2.45) is 11.8 Å². The van der Waals surface area contributed by atoms with Crippen LogP contribution in [0.2, 0.25) is 0 Å². The molecule has 0 radical (unpaired) electrons. The van der Waals surface area contributed by atoms with E-state index in [2.05, 4.69) is 5.32 Å². The van der Waals surface area contributed by atoms with Crippen molar-refractivity contribution in [3.8, 4) is 0 Å². The monoisotopic (exact) mass is 330 g/mol. The number of benzene rings is 1. The molecule has 0 aliphatic carbocycles. The van der Waals surface area contributed by atoms with E-state index in [1.54, 1.807) is 4.90 Å². The van der Waals surface area contributed by atoms with Gasteiger partial charge >= 0.3 is 0 Å². The Balaban J connectivity index is 2.49. The highest BCUT2D eigenvalue weighted by molar-refractivity contribution is 6.07. The molecular formula is C19H26N2O3. The Morgan fingerprint density at radius 2 is 1.88 bits per heavy atom. The number of hydrogen-bond donors (Lipinski definition) is 1. The molecule has 0 saturated carbocycles. The second kappa shape index (κ2) is 7.16. The molecule has 1 N–H and O–H groups in total. The summed E-state index contributed by atoms with van der Waals surface area (Å²) >= 11 is 0. The van der Waals surface area contributed by atoms with Crippen LogP contribution in [0.25, 0.3) is 0 Å². The molecule has 2 unspecified atom stereocenters. The number of carbonyl (C=O) groups is 3. The van der Waals surface area contributed by atoms with E-state index in [9.17, 15) is 14.4 Å². The van der Waals surface area contributed by atoms with Gasteiger partial charge in [-0.1, -0.05) is 32.9 Å². The maximum Gasteiger partial charge on any atom is 0.249 e.